The number of nitrogens with one attached hydrogen (secondary N) is 1. The van der Waals surface area contributed by atoms with Crippen LogP contribution in [-0.2, 0) is 11.2 Å². The van der Waals surface area contributed by atoms with Crippen LogP contribution in [0.5, 0.6) is 5.75 Å². The smallest absolute Gasteiger partial charge is 0.221 e. The van der Waals surface area contributed by atoms with Crippen LogP contribution < -0.4 is 15.8 Å². The molecule has 1 amide bonds. The summed E-state index contributed by atoms with van der Waals surface area (Å²) in [5.74, 6) is 0.711. The third-order valence-corrected chi connectivity index (χ3v) is 2.14. The zero-order valence-corrected chi connectivity index (χ0v) is 9.91. The van der Waals surface area contributed by atoms with E-state index in [1.165, 1.54) is 6.92 Å². The van der Waals surface area contributed by atoms with Crippen LogP contribution in [0.4, 0.5) is 5.69 Å². The van der Waals surface area contributed by atoms with Crippen molar-refractivity contribution in [3.05, 3.63) is 23.8 Å². The van der Waals surface area contributed by atoms with Gasteiger partial charge in [0.15, 0.2) is 0 Å². The predicted octanol–water partition coefficient (Wildman–Crippen LogP) is 1.54. The third kappa shape index (κ3) is 3.55. The monoisotopic (exact) mass is 222 g/mol. The summed E-state index contributed by atoms with van der Waals surface area (Å²) in [6.45, 7) is 3.42. The molecule has 0 aromatic heterocycles. The van der Waals surface area contributed by atoms with Crippen LogP contribution in [0, 0.1) is 0 Å². The number of ether oxygens (including phenoxy) is 1. The number of methoxy groups -OCH3 is 1. The van der Waals surface area contributed by atoms with Crippen LogP contribution in [-0.4, -0.2) is 19.1 Å². The predicted molar refractivity (Wildman–Crippen MR) is 64.7 cm³/mol. The van der Waals surface area contributed by atoms with Crippen molar-refractivity contribution in [1.29, 1.82) is 0 Å². The number of carbonyl (C=O) groups excluding carboxylic acids is 1. The number of benzene rings is 1. The Morgan fingerprint density at radius 2 is 2.25 bits per heavy atom. The van der Waals surface area contributed by atoms with E-state index < -0.39 is 0 Å². The maximum Gasteiger partial charge on any atom is 0.221 e. The van der Waals surface area contributed by atoms with Gasteiger partial charge in [-0.25, -0.2) is 0 Å². The third-order valence-electron chi connectivity index (χ3n) is 2.14. The number of anilines is 1. The van der Waals surface area contributed by atoms with Gasteiger partial charge >= 0.3 is 0 Å². The number of amides is 1. The molecule has 0 aliphatic heterocycles. The lowest BCUT2D eigenvalue weighted by molar-refractivity contribution is -0.114. The molecule has 4 nitrogen and oxygen atoms in total. The highest BCUT2D eigenvalue weighted by Crippen LogP contribution is 2.23. The molecule has 0 saturated heterocycles. The summed E-state index contributed by atoms with van der Waals surface area (Å²) >= 11 is 0. The second-order valence-corrected chi connectivity index (χ2v) is 3.89. The largest absolute Gasteiger partial charge is 0.496 e. The molecule has 1 unspecified atom stereocenters. The van der Waals surface area contributed by atoms with Gasteiger partial charge in [-0.2, -0.15) is 0 Å². The zero-order chi connectivity index (χ0) is 12.1. The Hall–Kier alpha value is -1.55. The lowest BCUT2D eigenvalue weighted by atomic mass is 10.1. The average molecular weight is 222 g/mol. The van der Waals surface area contributed by atoms with E-state index in [4.69, 9.17) is 10.5 Å². The van der Waals surface area contributed by atoms with E-state index in [1.54, 1.807) is 7.11 Å². The first-order chi connectivity index (χ1) is 7.52. The fourth-order valence-electron chi connectivity index (χ4n) is 1.57. The molecule has 0 bridgehead atoms. The fraction of sp³-hybridized carbons (Fsp3) is 0.417. The Bertz CT molecular complexity index is 375. The highest BCUT2D eigenvalue weighted by atomic mass is 16.5. The molecule has 3 N–H and O–H groups in total. The summed E-state index contributed by atoms with van der Waals surface area (Å²) < 4.78 is 5.24. The minimum Gasteiger partial charge on any atom is -0.496 e. The fourth-order valence-corrected chi connectivity index (χ4v) is 1.57. The van der Waals surface area contributed by atoms with Gasteiger partial charge in [-0.3, -0.25) is 4.79 Å². The van der Waals surface area contributed by atoms with Crippen LogP contribution in [0.15, 0.2) is 18.2 Å². The van der Waals surface area contributed by atoms with E-state index in [0.717, 1.165) is 23.4 Å². The molecule has 0 radical (unpaired) electrons. The molecule has 1 rings (SSSR count). The molecule has 1 aromatic rings. The number of hydrogen-bond acceptors (Lipinski definition) is 3. The Kier molecular flexibility index (Phi) is 4.31. The molecule has 0 spiro atoms. The number of carbonyl (C=O) groups is 1. The Labute approximate surface area is 95.8 Å². The lowest BCUT2D eigenvalue weighted by Gasteiger charge is -2.12. The maximum atomic E-state index is 10.9. The second-order valence-electron chi connectivity index (χ2n) is 3.89. The van der Waals surface area contributed by atoms with Crippen molar-refractivity contribution < 1.29 is 9.53 Å². The summed E-state index contributed by atoms with van der Waals surface area (Å²) in [6, 6.07) is 5.60. The van der Waals surface area contributed by atoms with Crippen molar-refractivity contribution in [2.45, 2.75) is 26.3 Å². The van der Waals surface area contributed by atoms with Gasteiger partial charge < -0.3 is 15.8 Å². The first kappa shape index (κ1) is 12.5. The SMILES string of the molecule is COc1ccc(NC(C)=O)cc1CC(C)N. The molecule has 1 aromatic carbocycles. The van der Waals surface area contributed by atoms with Gasteiger partial charge in [-0.05, 0) is 37.1 Å². The molecule has 0 aliphatic carbocycles. The highest BCUT2D eigenvalue weighted by molar-refractivity contribution is 5.88. The van der Waals surface area contributed by atoms with E-state index in [9.17, 15) is 4.79 Å². The molecule has 0 fully saturated rings. The van der Waals surface area contributed by atoms with E-state index in [0.29, 0.717) is 0 Å². The van der Waals surface area contributed by atoms with Gasteiger partial charge in [0.05, 0.1) is 7.11 Å². The lowest BCUT2D eigenvalue weighted by Crippen LogP contribution is -2.18. The number of rotatable bonds is 4. The van der Waals surface area contributed by atoms with Gasteiger partial charge in [-0.15, -0.1) is 0 Å². The molecule has 0 saturated carbocycles. The minimum absolute atomic E-state index is 0.0569. The van der Waals surface area contributed by atoms with Crippen LogP contribution in [0.25, 0.3) is 0 Å². The summed E-state index contributed by atoms with van der Waals surface area (Å²) in [6.07, 6.45) is 0.719. The molecule has 0 heterocycles. The minimum atomic E-state index is -0.0862. The topological polar surface area (TPSA) is 64.3 Å². The van der Waals surface area contributed by atoms with Gasteiger partial charge in [0.2, 0.25) is 5.91 Å². The average Bonchev–Trinajstić information content (AvgIpc) is 2.16. The van der Waals surface area contributed by atoms with E-state index >= 15 is 0 Å². The second kappa shape index (κ2) is 5.51. The zero-order valence-electron chi connectivity index (χ0n) is 9.91. The van der Waals surface area contributed by atoms with Crippen LogP contribution in [0.3, 0.4) is 0 Å². The Balaban J connectivity index is 2.96. The molecule has 16 heavy (non-hydrogen) atoms. The van der Waals surface area contributed by atoms with E-state index in [-0.39, 0.29) is 11.9 Å². The summed E-state index contributed by atoms with van der Waals surface area (Å²) in [5, 5.41) is 2.73. The number of nitrogens with two attached hydrogens (primary N) is 1. The molecular weight excluding hydrogens is 204 g/mol. The van der Waals surface area contributed by atoms with Crippen molar-refractivity contribution in [1.82, 2.24) is 0 Å². The first-order valence-corrected chi connectivity index (χ1v) is 5.23. The molecular formula is C12H18N2O2. The van der Waals surface area contributed by atoms with Crippen molar-refractivity contribution in [3.63, 3.8) is 0 Å². The maximum absolute atomic E-state index is 10.9. The normalized spacial score (nSPS) is 12.0. The Morgan fingerprint density at radius 3 is 2.75 bits per heavy atom. The van der Waals surface area contributed by atoms with Gasteiger partial charge in [0.1, 0.15) is 5.75 Å². The van der Waals surface area contributed by atoms with Gasteiger partial charge in [0.25, 0.3) is 0 Å². The van der Waals surface area contributed by atoms with E-state index in [2.05, 4.69) is 5.32 Å². The standard InChI is InChI=1S/C12H18N2O2/c1-8(13)6-10-7-11(14-9(2)15)4-5-12(10)16-3/h4-5,7-8H,6,13H2,1-3H3,(H,14,15). The van der Waals surface area contributed by atoms with Crippen molar-refractivity contribution in [2.24, 2.45) is 5.73 Å². The summed E-state index contributed by atoms with van der Waals surface area (Å²) in [4.78, 5) is 10.9. The van der Waals surface area contributed by atoms with Crippen molar-refractivity contribution >= 4 is 11.6 Å². The van der Waals surface area contributed by atoms with Crippen molar-refractivity contribution in [2.75, 3.05) is 12.4 Å². The van der Waals surface area contributed by atoms with Gasteiger partial charge in [-0.1, -0.05) is 0 Å². The molecule has 88 valence electrons. The molecule has 1 atom stereocenters. The van der Waals surface area contributed by atoms with Crippen LogP contribution in [0.2, 0.25) is 0 Å². The van der Waals surface area contributed by atoms with Gasteiger partial charge in [0, 0.05) is 18.7 Å². The molecule has 0 aliphatic rings. The Morgan fingerprint density at radius 1 is 1.56 bits per heavy atom. The summed E-state index contributed by atoms with van der Waals surface area (Å²) in [7, 11) is 1.62. The van der Waals surface area contributed by atoms with Crippen LogP contribution >= 0.6 is 0 Å². The summed E-state index contributed by atoms with van der Waals surface area (Å²) in [5.41, 5.74) is 7.53. The van der Waals surface area contributed by atoms with Crippen LogP contribution in [0.1, 0.15) is 19.4 Å². The quantitative estimate of drug-likeness (QED) is 0.812. The first-order valence-electron chi connectivity index (χ1n) is 5.23. The van der Waals surface area contributed by atoms with Crippen molar-refractivity contribution in [3.8, 4) is 5.75 Å². The highest BCUT2D eigenvalue weighted by Gasteiger charge is 2.07. The number of hydrogen-bond donors (Lipinski definition) is 2. The molecule has 4 heteroatoms. The van der Waals surface area contributed by atoms with E-state index in [1.807, 2.05) is 25.1 Å².